The van der Waals surface area contributed by atoms with E-state index in [0.29, 0.717) is 0 Å². The first-order valence-electron chi connectivity index (χ1n) is 2.62. The fraction of sp³-hybridized carbons (Fsp3) is 0.333. The van der Waals surface area contributed by atoms with Gasteiger partial charge in [0.1, 0.15) is 0 Å². The quantitative estimate of drug-likeness (QED) is 0.682. The average Bonchev–Trinajstić information content (AvgIpc) is 2.13. The summed E-state index contributed by atoms with van der Waals surface area (Å²) in [5.41, 5.74) is 1.25. The second-order valence-electron chi connectivity index (χ2n) is 1.97. The molecule has 0 unspecified atom stereocenters. The van der Waals surface area contributed by atoms with Crippen LogP contribution >= 0.6 is 27.3 Å². The van der Waals surface area contributed by atoms with Crippen LogP contribution in [0.4, 0.5) is 5.69 Å². The third kappa shape index (κ3) is 1.46. The predicted octanol–water partition coefficient (Wildman–Crippen LogP) is 2.58. The van der Waals surface area contributed by atoms with E-state index in [-0.39, 0.29) is 0 Å². The van der Waals surface area contributed by atoms with Gasteiger partial charge in [-0.15, -0.1) is 11.3 Å². The molecule has 0 spiro atoms. The molecule has 0 radical (unpaired) electrons. The van der Waals surface area contributed by atoms with E-state index in [2.05, 4.69) is 32.3 Å². The lowest BCUT2D eigenvalue weighted by Gasteiger charge is -2.09. The predicted molar refractivity (Wildman–Crippen MR) is 46.3 cm³/mol. The van der Waals surface area contributed by atoms with Crippen LogP contribution in [0.3, 0.4) is 0 Å². The molecule has 0 aromatic carbocycles. The molecule has 1 aromatic rings. The van der Waals surface area contributed by atoms with Crippen molar-refractivity contribution in [3.63, 3.8) is 0 Å². The van der Waals surface area contributed by atoms with Crippen LogP contribution < -0.4 is 4.90 Å². The maximum absolute atomic E-state index is 3.44. The Morgan fingerprint density at radius 3 is 2.44 bits per heavy atom. The number of hydrogen-bond acceptors (Lipinski definition) is 2. The number of thiophene rings is 1. The first-order valence-corrected chi connectivity index (χ1v) is 4.29. The van der Waals surface area contributed by atoms with Crippen LogP contribution in [-0.4, -0.2) is 14.1 Å². The minimum absolute atomic E-state index is 1.20. The number of nitrogens with zero attached hydrogens (tertiary/aromatic N) is 1. The molecule has 1 nitrogen and oxygen atoms in total. The molecule has 3 heteroatoms. The lowest BCUT2D eigenvalue weighted by atomic mass is 10.5. The Kier molecular flexibility index (Phi) is 2.13. The van der Waals surface area contributed by atoms with E-state index in [9.17, 15) is 0 Å². The topological polar surface area (TPSA) is 3.24 Å². The zero-order valence-corrected chi connectivity index (χ0v) is 7.79. The van der Waals surface area contributed by atoms with Crippen LogP contribution in [0.5, 0.6) is 0 Å². The average molecular weight is 206 g/mol. The van der Waals surface area contributed by atoms with Gasteiger partial charge in [0.25, 0.3) is 0 Å². The molecule has 0 atom stereocenters. The Hall–Kier alpha value is -0.0200. The molecule has 1 heterocycles. The van der Waals surface area contributed by atoms with Crippen molar-refractivity contribution in [1.29, 1.82) is 0 Å². The van der Waals surface area contributed by atoms with Gasteiger partial charge < -0.3 is 4.90 Å². The third-order valence-corrected chi connectivity index (χ3v) is 2.74. The monoisotopic (exact) mass is 205 g/mol. The Balaban J connectivity index is 2.94. The Labute approximate surface area is 67.4 Å². The van der Waals surface area contributed by atoms with Crippen LogP contribution in [0, 0.1) is 0 Å². The van der Waals surface area contributed by atoms with Gasteiger partial charge in [-0.05, 0) is 27.4 Å². The smallest absolute Gasteiger partial charge is 0.0931 e. The van der Waals surface area contributed by atoms with Crippen molar-refractivity contribution < 1.29 is 0 Å². The van der Waals surface area contributed by atoms with Gasteiger partial charge in [-0.1, -0.05) is 0 Å². The highest BCUT2D eigenvalue weighted by Gasteiger charge is 2.00. The van der Waals surface area contributed by atoms with E-state index in [1.807, 2.05) is 14.1 Å². The summed E-state index contributed by atoms with van der Waals surface area (Å²) in [4.78, 5) is 2.08. The Morgan fingerprint density at radius 2 is 2.22 bits per heavy atom. The molecule has 1 aromatic heterocycles. The molecule has 50 valence electrons. The molecule has 9 heavy (non-hydrogen) atoms. The van der Waals surface area contributed by atoms with Gasteiger partial charge in [0.2, 0.25) is 0 Å². The SMILES string of the molecule is CN(C)c1ccsc1Br. The van der Waals surface area contributed by atoms with E-state index >= 15 is 0 Å². The minimum Gasteiger partial charge on any atom is -0.376 e. The summed E-state index contributed by atoms with van der Waals surface area (Å²) in [6.45, 7) is 0. The molecule has 0 N–H and O–H groups in total. The van der Waals surface area contributed by atoms with E-state index in [0.717, 1.165) is 0 Å². The lowest BCUT2D eigenvalue weighted by Crippen LogP contribution is -2.07. The van der Waals surface area contributed by atoms with Crippen molar-refractivity contribution in [2.24, 2.45) is 0 Å². The molecule has 0 aliphatic carbocycles. The minimum atomic E-state index is 1.20. The van der Waals surface area contributed by atoms with Crippen molar-refractivity contribution in [2.45, 2.75) is 0 Å². The van der Waals surface area contributed by atoms with Crippen molar-refractivity contribution >= 4 is 33.0 Å². The molecule has 0 aliphatic rings. The van der Waals surface area contributed by atoms with E-state index in [1.165, 1.54) is 9.47 Å². The number of anilines is 1. The van der Waals surface area contributed by atoms with Crippen LogP contribution in [0.2, 0.25) is 0 Å². The second-order valence-corrected chi connectivity index (χ2v) is 4.21. The summed E-state index contributed by atoms with van der Waals surface area (Å²) in [5, 5.41) is 2.07. The number of halogens is 1. The van der Waals surface area contributed by atoms with Crippen molar-refractivity contribution in [1.82, 2.24) is 0 Å². The number of rotatable bonds is 1. The fourth-order valence-corrected chi connectivity index (χ4v) is 2.11. The summed E-state index contributed by atoms with van der Waals surface area (Å²) in [6, 6.07) is 2.09. The fourth-order valence-electron chi connectivity index (χ4n) is 0.609. The third-order valence-electron chi connectivity index (χ3n) is 1.08. The molecule has 0 fully saturated rings. The molecule has 0 saturated carbocycles. The van der Waals surface area contributed by atoms with Crippen LogP contribution in [0.1, 0.15) is 0 Å². The van der Waals surface area contributed by atoms with Gasteiger partial charge in [0, 0.05) is 14.1 Å². The van der Waals surface area contributed by atoms with E-state index in [1.54, 1.807) is 11.3 Å². The highest BCUT2D eigenvalue weighted by Crippen LogP contribution is 2.29. The van der Waals surface area contributed by atoms with Crippen molar-refractivity contribution in [3.8, 4) is 0 Å². The Bertz CT molecular complexity index is 195. The molecule has 0 aliphatic heterocycles. The Morgan fingerprint density at radius 1 is 1.56 bits per heavy atom. The zero-order chi connectivity index (χ0) is 6.85. The van der Waals surface area contributed by atoms with Gasteiger partial charge in [-0.2, -0.15) is 0 Å². The summed E-state index contributed by atoms with van der Waals surface area (Å²) < 4.78 is 1.20. The van der Waals surface area contributed by atoms with E-state index in [4.69, 9.17) is 0 Å². The largest absolute Gasteiger partial charge is 0.376 e. The summed E-state index contributed by atoms with van der Waals surface area (Å²) >= 11 is 5.15. The van der Waals surface area contributed by atoms with Gasteiger partial charge >= 0.3 is 0 Å². The summed E-state index contributed by atoms with van der Waals surface area (Å²) in [6.07, 6.45) is 0. The van der Waals surface area contributed by atoms with Gasteiger partial charge in [0.15, 0.2) is 0 Å². The molecule has 0 bridgehead atoms. The second kappa shape index (κ2) is 2.71. The van der Waals surface area contributed by atoms with Crippen LogP contribution in [0.15, 0.2) is 15.2 Å². The highest BCUT2D eigenvalue weighted by molar-refractivity contribution is 9.11. The van der Waals surface area contributed by atoms with Gasteiger partial charge in [-0.25, -0.2) is 0 Å². The molecule has 0 saturated heterocycles. The standard InChI is InChI=1S/C6H8BrNS/c1-8(2)5-3-4-9-6(5)7/h3-4H,1-2H3. The van der Waals surface area contributed by atoms with Crippen LogP contribution in [-0.2, 0) is 0 Å². The summed E-state index contributed by atoms with van der Waals surface area (Å²) in [7, 11) is 4.07. The van der Waals surface area contributed by atoms with Crippen LogP contribution in [0.25, 0.3) is 0 Å². The zero-order valence-electron chi connectivity index (χ0n) is 5.39. The first-order chi connectivity index (χ1) is 4.22. The van der Waals surface area contributed by atoms with Crippen molar-refractivity contribution in [3.05, 3.63) is 15.2 Å². The van der Waals surface area contributed by atoms with Gasteiger partial charge in [-0.3, -0.25) is 0 Å². The molecular formula is C6H8BrNS. The normalized spacial score (nSPS) is 9.67. The molecule has 1 rings (SSSR count). The van der Waals surface area contributed by atoms with Gasteiger partial charge in [0.05, 0.1) is 9.47 Å². The highest BCUT2D eigenvalue weighted by atomic mass is 79.9. The maximum atomic E-state index is 3.44. The lowest BCUT2D eigenvalue weighted by molar-refractivity contribution is 1.14. The maximum Gasteiger partial charge on any atom is 0.0931 e. The molecule has 0 amide bonds. The van der Waals surface area contributed by atoms with Crippen molar-refractivity contribution in [2.75, 3.05) is 19.0 Å². The number of hydrogen-bond donors (Lipinski definition) is 0. The summed E-state index contributed by atoms with van der Waals surface area (Å²) in [5.74, 6) is 0. The first kappa shape index (κ1) is 7.09. The van der Waals surface area contributed by atoms with E-state index < -0.39 is 0 Å². The molecular weight excluding hydrogens is 198 g/mol.